The molecule has 0 atom stereocenters. The minimum Gasteiger partial charge on any atom is -0.346 e. The van der Waals surface area contributed by atoms with Gasteiger partial charge in [0.25, 0.3) is 11.5 Å². The van der Waals surface area contributed by atoms with Crippen molar-refractivity contribution in [3.05, 3.63) is 106 Å². The molecule has 28 heavy (non-hydrogen) atoms. The van der Waals surface area contributed by atoms with Crippen LogP contribution in [0.1, 0.15) is 21.6 Å². The Kier molecular flexibility index (Phi) is 4.93. The van der Waals surface area contributed by atoms with Gasteiger partial charge in [0.15, 0.2) is 0 Å². The summed E-state index contributed by atoms with van der Waals surface area (Å²) in [4.78, 5) is 33.4. The molecule has 1 amide bonds. The van der Waals surface area contributed by atoms with Gasteiger partial charge in [-0.05, 0) is 42.0 Å². The van der Waals surface area contributed by atoms with Crippen LogP contribution in [0.2, 0.25) is 0 Å². The summed E-state index contributed by atoms with van der Waals surface area (Å²) >= 11 is 0. The molecule has 0 aliphatic rings. The Bertz CT molecular complexity index is 1170. The third-order valence-electron chi connectivity index (χ3n) is 4.46. The number of rotatable bonds is 5. The van der Waals surface area contributed by atoms with E-state index in [2.05, 4.69) is 15.3 Å². The maximum absolute atomic E-state index is 12.6. The number of nitrogens with zero attached hydrogens (tertiary/aromatic N) is 3. The molecule has 2 aromatic carbocycles. The lowest BCUT2D eigenvalue weighted by Crippen LogP contribution is -2.23. The van der Waals surface area contributed by atoms with Crippen LogP contribution in [-0.2, 0) is 13.1 Å². The van der Waals surface area contributed by atoms with Gasteiger partial charge in [-0.25, -0.2) is 4.98 Å². The van der Waals surface area contributed by atoms with Crippen LogP contribution in [-0.4, -0.2) is 20.4 Å². The number of nitrogens with one attached hydrogen (secondary N) is 1. The third kappa shape index (κ3) is 3.81. The predicted octanol–water partition coefficient (Wildman–Crippen LogP) is 2.77. The van der Waals surface area contributed by atoms with Gasteiger partial charge in [0.2, 0.25) is 0 Å². The Hall–Kier alpha value is -3.80. The van der Waals surface area contributed by atoms with E-state index in [1.165, 1.54) is 0 Å². The maximum Gasteiger partial charge on any atom is 0.261 e. The number of pyridine rings is 1. The monoisotopic (exact) mass is 370 g/mol. The molecule has 2 aromatic heterocycles. The van der Waals surface area contributed by atoms with Crippen molar-refractivity contribution in [1.82, 2.24) is 19.9 Å². The van der Waals surface area contributed by atoms with Gasteiger partial charge in [-0.1, -0.05) is 30.3 Å². The number of fused-ring (bicyclic) bond motifs is 1. The summed E-state index contributed by atoms with van der Waals surface area (Å²) in [6, 6.07) is 20.0. The second kappa shape index (κ2) is 7.84. The molecule has 0 aliphatic heterocycles. The Morgan fingerprint density at radius 2 is 1.71 bits per heavy atom. The van der Waals surface area contributed by atoms with Crippen LogP contribution in [0.3, 0.4) is 0 Å². The molecular weight excluding hydrogens is 352 g/mol. The lowest BCUT2D eigenvalue weighted by Gasteiger charge is -2.08. The van der Waals surface area contributed by atoms with Crippen molar-refractivity contribution in [3.63, 3.8) is 0 Å². The topological polar surface area (TPSA) is 76.9 Å². The molecule has 0 saturated carbocycles. The van der Waals surface area contributed by atoms with Crippen LogP contribution in [0.15, 0.2) is 84.0 Å². The first-order chi connectivity index (χ1) is 13.7. The normalized spacial score (nSPS) is 10.7. The van der Waals surface area contributed by atoms with Crippen molar-refractivity contribution in [1.29, 1.82) is 0 Å². The molecule has 6 heteroatoms. The quantitative estimate of drug-likeness (QED) is 0.586. The zero-order valence-electron chi connectivity index (χ0n) is 15.1. The Morgan fingerprint density at radius 1 is 0.929 bits per heavy atom. The van der Waals surface area contributed by atoms with E-state index >= 15 is 0 Å². The first-order valence-corrected chi connectivity index (χ1v) is 8.92. The van der Waals surface area contributed by atoms with Gasteiger partial charge in [-0.15, -0.1) is 0 Å². The molecule has 2 heterocycles. The largest absolute Gasteiger partial charge is 0.346 e. The van der Waals surface area contributed by atoms with Crippen molar-refractivity contribution in [2.75, 3.05) is 0 Å². The fourth-order valence-electron chi connectivity index (χ4n) is 2.95. The van der Waals surface area contributed by atoms with Crippen LogP contribution in [0, 0.1) is 0 Å². The van der Waals surface area contributed by atoms with Crippen molar-refractivity contribution in [2.45, 2.75) is 13.1 Å². The number of hydrogen-bond acceptors (Lipinski definition) is 4. The summed E-state index contributed by atoms with van der Waals surface area (Å²) in [6.45, 7) is 0.770. The van der Waals surface area contributed by atoms with E-state index in [0.29, 0.717) is 29.6 Å². The number of benzene rings is 2. The molecule has 4 rings (SSSR count). The van der Waals surface area contributed by atoms with E-state index < -0.39 is 0 Å². The Balaban J connectivity index is 1.45. The molecule has 0 radical (unpaired) electrons. The average molecular weight is 370 g/mol. The molecule has 0 spiro atoms. The molecule has 0 fully saturated rings. The van der Waals surface area contributed by atoms with Crippen LogP contribution in [0.4, 0.5) is 0 Å². The van der Waals surface area contributed by atoms with E-state index in [4.69, 9.17) is 0 Å². The van der Waals surface area contributed by atoms with Crippen LogP contribution >= 0.6 is 0 Å². The molecule has 0 saturated heterocycles. The highest BCUT2D eigenvalue weighted by atomic mass is 16.1. The molecule has 4 aromatic rings. The van der Waals surface area contributed by atoms with E-state index in [-0.39, 0.29) is 11.5 Å². The first kappa shape index (κ1) is 17.6. The van der Waals surface area contributed by atoms with Gasteiger partial charge in [-0.2, -0.15) is 0 Å². The lowest BCUT2D eigenvalue weighted by molar-refractivity contribution is 0.0950. The highest BCUT2D eigenvalue weighted by Crippen LogP contribution is 2.08. The minimum absolute atomic E-state index is 0.0808. The molecule has 6 nitrogen and oxygen atoms in total. The molecular formula is C22H18N4O2. The molecule has 0 aliphatic carbocycles. The van der Waals surface area contributed by atoms with Crippen molar-refractivity contribution < 1.29 is 4.79 Å². The standard InChI is InChI=1S/C22H18N4O2/c27-21(24-13-18-5-3-4-12-23-18)17-10-8-16(9-11-17)14-26-15-25-20-7-2-1-6-19(20)22(26)28/h1-12,15H,13-14H2,(H,24,27). The van der Waals surface area contributed by atoms with Crippen molar-refractivity contribution in [3.8, 4) is 0 Å². The van der Waals surface area contributed by atoms with E-state index in [1.807, 2.05) is 48.5 Å². The summed E-state index contributed by atoms with van der Waals surface area (Å²) < 4.78 is 1.57. The van der Waals surface area contributed by atoms with Crippen LogP contribution < -0.4 is 10.9 Å². The molecule has 138 valence electrons. The second-order valence-corrected chi connectivity index (χ2v) is 6.40. The molecule has 1 N–H and O–H groups in total. The van der Waals surface area contributed by atoms with E-state index in [1.54, 1.807) is 35.3 Å². The van der Waals surface area contributed by atoms with Gasteiger partial charge in [0.05, 0.1) is 36.0 Å². The number of para-hydroxylation sites is 1. The SMILES string of the molecule is O=C(NCc1ccccn1)c1ccc(Cn2cnc3ccccc3c2=O)cc1. The Labute approximate surface area is 161 Å². The summed E-state index contributed by atoms with van der Waals surface area (Å²) in [7, 11) is 0. The minimum atomic E-state index is -0.165. The second-order valence-electron chi connectivity index (χ2n) is 6.40. The highest BCUT2D eigenvalue weighted by Gasteiger charge is 2.07. The van der Waals surface area contributed by atoms with Gasteiger partial charge in [0.1, 0.15) is 0 Å². The van der Waals surface area contributed by atoms with Crippen LogP contribution in [0.25, 0.3) is 10.9 Å². The molecule has 0 unspecified atom stereocenters. The summed E-state index contributed by atoms with van der Waals surface area (Å²) in [5, 5.41) is 3.44. The third-order valence-corrected chi connectivity index (χ3v) is 4.46. The molecule has 0 bridgehead atoms. The number of hydrogen-bond donors (Lipinski definition) is 1. The fraction of sp³-hybridized carbons (Fsp3) is 0.0909. The predicted molar refractivity (Wildman–Crippen MR) is 107 cm³/mol. The van der Waals surface area contributed by atoms with E-state index in [0.717, 1.165) is 11.3 Å². The summed E-state index contributed by atoms with van der Waals surface area (Å²) in [5.41, 5.74) is 2.88. The number of aromatic nitrogens is 3. The lowest BCUT2D eigenvalue weighted by atomic mass is 10.1. The first-order valence-electron chi connectivity index (χ1n) is 8.92. The number of carbonyl (C=O) groups excluding carboxylic acids is 1. The van der Waals surface area contributed by atoms with Crippen LogP contribution in [0.5, 0.6) is 0 Å². The van der Waals surface area contributed by atoms with Gasteiger partial charge in [0, 0.05) is 11.8 Å². The summed E-state index contributed by atoms with van der Waals surface area (Å²) in [6.07, 6.45) is 3.25. The van der Waals surface area contributed by atoms with Gasteiger partial charge < -0.3 is 5.32 Å². The zero-order valence-corrected chi connectivity index (χ0v) is 15.1. The van der Waals surface area contributed by atoms with Gasteiger partial charge >= 0.3 is 0 Å². The number of carbonyl (C=O) groups is 1. The maximum atomic E-state index is 12.6. The van der Waals surface area contributed by atoms with Gasteiger partial charge in [-0.3, -0.25) is 19.1 Å². The zero-order chi connectivity index (χ0) is 19.3. The van der Waals surface area contributed by atoms with Crippen molar-refractivity contribution in [2.24, 2.45) is 0 Å². The summed E-state index contributed by atoms with van der Waals surface area (Å²) in [5.74, 6) is -0.165. The Morgan fingerprint density at radius 3 is 2.50 bits per heavy atom. The highest BCUT2D eigenvalue weighted by molar-refractivity contribution is 5.94. The van der Waals surface area contributed by atoms with E-state index in [9.17, 15) is 9.59 Å². The fourth-order valence-corrected chi connectivity index (χ4v) is 2.95. The number of amides is 1. The smallest absolute Gasteiger partial charge is 0.261 e. The average Bonchev–Trinajstić information content (AvgIpc) is 2.75. The van der Waals surface area contributed by atoms with Crippen molar-refractivity contribution >= 4 is 16.8 Å².